The summed E-state index contributed by atoms with van der Waals surface area (Å²) < 4.78 is 6.70. The van der Waals surface area contributed by atoms with E-state index in [2.05, 4.69) is 15.1 Å². The minimum atomic E-state index is -0.515. The zero-order valence-corrected chi connectivity index (χ0v) is 16.4. The fourth-order valence-electron chi connectivity index (χ4n) is 2.78. The van der Waals surface area contributed by atoms with Gasteiger partial charge in [0.25, 0.3) is 0 Å². The number of aromatic nitrogens is 4. The molecule has 0 spiro atoms. The van der Waals surface area contributed by atoms with Gasteiger partial charge in [0, 0.05) is 17.1 Å². The van der Waals surface area contributed by atoms with Crippen LogP contribution in [0.3, 0.4) is 0 Å². The number of nitrogens with one attached hydrogen (secondary N) is 1. The predicted octanol–water partition coefficient (Wildman–Crippen LogP) is 2.96. The molecule has 0 radical (unpaired) electrons. The highest BCUT2D eigenvalue weighted by Crippen LogP contribution is 2.26. The molecule has 140 valence electrons. The third kappa shape index (κ3) is 4.11. The van der Waals surface area contributed by atoms with Crippen molar-refractivity contribution in [3.8, 4) is 5.69 Å². The van der Waals surface area contributed by atoms with E-state index in [4.69, 9.17) is 4.74 Å². The molecule has 2 heterocycles. The number of thioether (sulfide) groups is 1. The molecule has 0 bridgehead atoms. The Kier molecular flexibility index (Phi) is 5.46. The van der Waals surface area contributed by atoms with Gasteiger partial charge in [0.1, 0.15) is 10.6 Å². The summed E-state index contributed by atoms with van der Waals surface area (Å²) in [5.41, 5.74) is 4.32. The van der Waals surface area contributed by atoms with E-state index in [-0.39, 0.29) is 0 Å². The van der Waals surface area contributed by atoms with Gasteiger partial charge in [0.05, 0.1) is 18.5 Å². The summed E-state index contributed by atoms with van der Waals surface area (Å²) in [5.74, 6) is 0.0516. The van der Waals surface area contributed by atoms with Crippen molar-refractivity contribution in [3.63, 3.8) is 0 Å². The number of aryl methyl sites for hydroxylation is 3. The maximum Gasteiger partial charge on any atom is 0.346 e. The van der Waals surface area contributed by atoms with Gasteiger partial charge in [-0.2, -0.15) is 10.1 Å². The van der Waals surface area contributed by atoms with Crippen molar-refractivity contribution >= 4 is 17.7 Å². The van der Waals surface area contributed by atoms with Crippen LogP contribution in [0.5, 0.6) is 0 Å². The summed E-state index contributed by atoms with van der Waals surface area (Å²) in [7, 11) is 1.30. The van der Waals surface area contributed by atoms with Crippen molar-refractivity contribution in [3.05, 3.63) is 69.0 Å². The Balaban J connectivity index is 1.80. The van der Waals surface area contributed by atoms with E-state index in [1.54, 1.807) is 6.92 Å². The molecule has 0 fully saturated rings. The summed E-state index contributed by atoms with van der Waals surface area (Å²) in [5, 5.41) is 4.84. The van der Waals surface area contributed by atoms with Crippen LogP contribution in [0.1, 0.15) is 33.0 Å². The van der Waals surface area contributed by atoms with Crippen molar-refractivity contribution in [2.45, 2.75) is 31.6 Å². The highest BCUT2D eigenvalue weighted by Gasteiger charge is 2.18. The summed E-state index contributed by atoms with van der Waals surface area (Å²) in [4.78, 5) is 30.2. The van der Waals surface area contributed by atoms with Gasteiger partial charge in [-0.05, 0) is 44.5 Å². The summed E-state index contributed by atoms with van der Waals surface area (Å²) >= 11 is 1.33. The standard InChI is InChI=1S/C19H20N4O3S/c1-11-9-12(2)23(22-11)15-7-5-14(6-8-15)10-27-17-16(18(24)26-4)13(3)20-19(25)21-17/h5-9H,10H2,1-4H3,(H,20,21,25). The van der Waals surface area contributed by atoms with Crippen molar-refractivity contribution in [2.24, 2.45) is 0 Å². The second kappa shape index (κ2) is 7.79. The van der Waals surface area contributed by atoms with Crippen molar-refractivity contribution < 1.29 is 9.53 Å². The van der Waals surface area contributed by atoms with Crippen LogP contribution in [0.4, 0.5) is 0 Å². The van der Waals surface area contributed by atoms with E-state index in [1.165, 1.54) is 18.9 Å². The summed E-state index contributed by atoms with van der Waals surface area (Å²) in [6.45, 7) is 5.63. The number of ether oxygens (including phenoxy) is 1. The molecule has 3 rings (SSSR count). The first-order valence-electron chi connectivity index (χ1n) is 8.33. The number of carbonyl (C=O) groups is 1. The van der Waals surface area contributed by atoms with Crippen molar-refractivity contribution in [2.75, 3.05) is 7.11 Å². The van der Waals surface area contributed by atoms with Gasteiger partial charge in [-0.3, -0.25) is 0 Å². The Morgan fingerprint density at radius 2 is 1.93 bits per heavy atom. The molecular weight excluding hydrogens is 364 g/mol. The zero-order valence-electron chi connectivity index (χ0n) is 15.6. The largest absolute Gasteiger partial charge is 0.465 e. The molecular formula is C19H20N4O3S. The average molecular weight is 384 g/mol. The molecule has 0 saturated carbocycles. The lowest BCUT2D eigenvalue weighted by molar-refractivity contribution is 0.0594. The number of H-pyrrole nitrogens is 1. The number of hydrogen-bond donors (Lipinski definition) is 1. The fourth-order valence-corrected chi connectivity index (χ4v) is 3.81. The van der Waals surface area contributed by atoms with Crippen LogP contribution in [0.2, 0.25) is 0 Å². The number of carbonyl (C=O) groups excluding carboxylic acids is 1. The fraction of sp³-hybridized carbons (Fsp3) is 0.263. The lowest BCUT2D eigenvalue weighted by atomic mass is 10.2. The van der Waals surface area contributed by atoms with E-state index >= 15 is 0 Å². The zero-order chi connectivity index (χ0) is 19.6. The number of methoxy groups -OCH3 is 1. The monoisotopic (exact) mass is 384 g/mol. The van der Waals surface area contributed by atoms with Crippen molar-refractivity contribution in [1.82, 2.24) is 19.7 Å². The molecule has 0 aliphatic carbocycles. The van der Waals surface area contributed by atoms with Crippen LogP contribution < -0.4 is 5.69 Å². The first-order valence-corrected chi connectivity index (χ1v) is 9.32. The van der Waals surface area contributed by atoms with Crippen molar-refractivity contribution in [1.29, 1.82) is 0 Å². The molecule has 8 heteroatoms. The second-order valence-corrected chi connectivity index (χ2v) is 7.10. The molecule has 2 aromatic heterocycles. The maximum absolute atomic E-state index is 12.0. The SMILES string of the molecule is COC(=O)c1c(SCc2ccc(-n3nc(C)cc3C)cc2)nc(=O)[nH]c1C. The highest BCUT2D eigenvalue weighted by molar-refractivity contribution is 7.98. The molecule has 1 aromatic carbocycles. The van der Waals surface area contributed by atoms with Gasteiger partial charge in [-0.1, -0.05) is 12.1 Å². The lowest BCUT2D eigenvalue weighted by Gasteiger charge is -2.09. The molecule has 7 nitrogen and oxygen atoms in total. The van der Waals surface area contributed by atoms with Crippen LogP contribution in [-0.2, 0) is 10.5 Å². The van der Waals surface area contributed by atoms with E-state index in [0.29, 0.717) is 22.0 Å². The molecule has 0 amide bonds. The first kappa shape index (κ1) is 18.9. The van der Waals surface area contributed by atoms with Gasteiger partial charge in [0.15, 0.2) is 0 Å². The Morgan fingerprint density at radius 1 is 1.22 bits per heavy atom. The Bertz CT molecular complexity index is 1040. The second-order valence-electron chi connectivity index (χ2n) is 6.13. The molecule has 0 atom stereocenters. The summed E-state index contributed by atoms with van der Waals surface area (Å²) in [6, 6.07) is 10.0. The van der Waals surface area contributed by atoms with E-state index in [1.807, 2.05) is 48.9 Å². The molecule has 0 saturated heterocycles. The van der Waals surface area contributed by atoms with E-state index < -0.39 is 11.7 Å². The molecule has 27 heavy (non-hydrogen) atoms. The molecule has 1 N–H and O–H groups in total. The third-order valence-electron chi connectivity index (χ3n) is 4.04. The molecule has 0 aliphatic heterocycles. The number of rotatable bonds is 5. The number of benzene rings is 1. The smallest absolute Gasteiger partial charge is 0.346 e. The molecule has 0 unspecified atom stereocenters. The quantitative estimate of drug-likeness (QED) is 0.413. The van der Waals surface area contributed by atoms with Crippen LogP contribution in [-0.4, -0.2) is 32.8 Å². The topological polar surface area (TPSA) is 89.9 Å². The van der Waals surface area contributed by atoms with E-state index in [0.717, 1.165) is 22.6 Å². The van der Waals surface area contributed by atoms with E-state index in [9.17, 15) is 9.59 Å². The minimum Gasteiger partial charge on any atom is -0.465 e. The van der Waals surface area contributed by atoms with Crippen LogP contribution >= 0.6 is 11.8 Å². The molecule has 3 aromatic rings. The van der Waals surface area contributed by atoms with Crippen LogP contribution in [0, 0.1) is 20.8 Å². The van der Waals surface area contributed by atoms with Crippen LogP contribution in [0.15, 0.2) is 40.2 Å². The normalized spacial score (nSPS) is 10.8. The predicted molar refractivity (Wildman–Crippen MR) is 104 cm³/mol. The van der Waals surface area contributed by atoms with Gasteiger partial charge >= 0.3 is 11.7 Å². The van der Waals surface area contributed by atoms with Gasteiger partial charge < -0.3 is 9.72 Å². The Morgan fingerprint density at radius 3 is 2.52 bits per heavy atom. The lowest BCUT2D eigenvalue weighted by Crippen LogP contribution is -2.19. The van der Waals surface area contributed by atoms with Gasteiger partial charge in [-0.15, -0.1) is 11.8 Å². The highest BCUT2D eigenvalue weighted by atomic mass is 32.2. The van der Waals surface area contributed by atoms with Crippen LogP contribution in [0.25, 0.3) is 5.69 Å². The van der Waals surface area contributed by atoms with Gasteiger partial charge in [-0.25, -0.2) is 14.3 Å². The van der Waals surface area contributed by atoms with Gasteiger partial charge in [0.2, 0.25) is 0 Å². The summed E-state index contributed by atoms with van der Waals surface area (Å²) in [6.07, 6.45) is 0. The molecule has 0 aliphatic rings. The Hall–Kier alpha value is -2.87. The number of nitrogens with zero attached hydrogens (tertiary/aromatic N) is 3. The minimum absolute atomic E-state index is 0.293. The first-order chi connectivity index (χ1) is 12.9. The number of aromatic amines is 1. The third-order valence-corrected chi connectivity index (χ3v) is 5.09. The number of hydrogen-bond acceptors (Lipinski definition) is 6. The average Bonchev–Trinajstić information content (AvgIpc) is 2.97. The number of esters is 1. The Labute approximate surface area is 160 Å². The maximum atomic E-state index is 12.0.